The van der Waals surface area contributed by atoms with Gasteiger partial charge in [-0.15, -0.1) is 11.3 Å². The summed E-state index contributed by atoms with van der Waals surface area (Å²) in [4.78, 5) is 10.2. The van der Waals surface area contributed by atoms with Crippen molar-refractivity contribution in [3.05, 3.63) is 199 Å². The van der Waals surface area contributed by atoms with Crippen LogP contribution in [0.5, 0.6) is 0 Å². The van der Waals surface area contributed by atoms with E-state index >= 15 is 0 Å². The van der Waals surface area contributed by atoms with Crippen molar-refractivity contribution in [2.24, 2.45) is 9.98 Å². The molecule has 3 aromatic heterocycles. The Labute approximate surface area is 331 Å². The molecule has 8 aromatic carbocycles. The normalized spacial score (nSPS) is 14.5. The standard InChI is InChI=1S/C51H32N4OS/c1-3-12-31(13-4-1)49-52-50(32-14-5-2-6-15-32)54-51(53-49)33-22-25-35(26-23-33)55-42-20-9-7-16-37(42)39-27-29-44-46(47(39)55)41-30-34(24-28-43(41)56-44)36-18-11-19-40-38-17-8-10-21-45(38)57-48(36)40/h1-30,49H,(H,52,53,54). The number of fused-ring (bicyclic) bond motifs is 10. The molecule has 0 aliphatic carbocycles. The maximum atomic E-state index is 6.62. The zero-order valence-electron chi connectivity index (χ0n) is 30.6. The summed E-state index contributed by atoms with van der Waals surface area (Å²) in [6.07, 6.45) is -0.260. The molecular formula is C51H32N4OS. The number of aromatic nitrogens is 1. The fourth-order valence-corrected chi connectivity index (χ4v) is 9.85. The van der Waals surface area contributed by atoms with E-state index in [1.807, 2.05) is 47.7 Å². The van der Waals surface area contributed by atoms with E-state index in [-0.39, 0.29) is 6.17 Å². The molecule has 1 aliphatic heterocycles. The Morgan fingerprint density at radius 3 is 2.12 bits per heavy atom. The molecule has 0 saturated carbocycles. The Morgan fingerprint density at radius 1 is 0.544 bits per heavy atom. The first-order valence-corrected chi connectivity index (χ1v) is 20.0. The van der Waals surface area contributed by atoms with Gasteiger partial charge in [-0.25, -0.2) is 9.98 Å². The largest absolute Gasteiger partial charge is 0.456 e. The first-order chi connectivity index (χ1) is 28.2. The lowest BCUT2D eigenvalue weighted by Crippen LogP contribution is -2.33. The van der Waals surface area contributed by atoms with Gasteiger partial charge in [-0.05, 0) is 77.4 Å². The maximum Gasteiger partial charge on any atom is 0.159 e. The van der Waals surface area contributed by atoms with Crippen molar-refractivity contribution in [1.82, 2.24) is 9.88 Å². The van der Waals surface area contributed by atoms with Crippen LogP contribution >= 0.6 is 11.3 Å². The molecule has 5 nitrogen and oxygen atoms in total. The highest BCUT2D eigenvalue weighted by molar-refractivity contribution is 7.26. The molecule has 0 fully saturated rings. The fourth-order valence-electron chi connectivity index (χ4n) is 8.61. The molecule has 0 amide bonds. The van der Waals surface area contributed by atoms with Crippen molar-refractivity contribution in [1.29, 1.82) is 0 Å². The average molecular weight is 749 g/mol. The van der Waals surface area contributed by atoms with Crippen LogP contribution in [0.4, 0.5) is 0 Å². The molecule has 0 saturated heterocycles. The second-order valence-electron chi connectivity index (χ2n) is 14.6. The van der Waals surface area contributed by atoms with Gasteiger partial charge in [0.05, 0.1) is 16.4 Å². The molecule has 0 bridgehead atoms. The Kier molecular flexibility index (Phi) is 7.09. The van der Waals surface area contributed by atoms with Crippen LogP contribution in [0.25, 0.3) is 80.7 Å². The number of para-hydroxylation sites is 1. The van der Waals surface area contributed by atoms with Crippen LogP contribution in [-0.4, -0.2) is 16.2 Å². The van der Waals surface area contributed by atoms with Crippen LogP contribution < -0.4 is 5.32 Å². The zero-order chi connectivity index (χ0) is 37.5. The number of rotatable bonds is 5. The maximum absolute atomic E-state index is 6.62. The van der Waals surface area contributed by atoms with Gasteiger partial charge in [0, 0.05) is 53.1 Å². The number of benzene rings is 8. The number of furan rings is 1. The number of hydrogen-bond donors (Lipinski definition) is 1. The zero-order valence-corrected chi connectivity index (χ0v) is 31.4. The van der Waals surface area contributed by atoms with E-state index in [0.717, 1.165) is 61.2 Å². The van der Waals surface area contributed by atoms with Gasteiger partial charge >= 0.3 is 0 Å². The highest BCUT2D eigenvalue weighted by Crippen LogP contribution is 2.44. The molecule has 1 atom stereocenters. The van der Waals surface area contributed by atoms with Crippen molar-refractivity contribution < 1.29 is 4.42 Å². The Bertz CT molecular complexity index is 3430. The molecule has 1 aliphatic rings. The Morgan fingerprint density at radius 2 is 1.26 bits per heavy atom. The fraction of sp³-hybridized carbons (Fsp3) is 0.0196. The van der Waals surface area contributed by atoms with Gasteiger partial charge in [0.1, 0.15) is 23.2 Å². The lowest BCUT2D eigenvalue weighted by atomic mass is 10.00. The molecule has 6 heteroatoms. The molecule has 268 valence electrons. The monoisotopic (exact) mass is 748 g/mol. The smallest absolute Gasteiger partial charge is 0.159 e. The summed E-state index contributed by atoms with van der Waals surface area (Å²) in [5.41, 5.74) is 10.5. The third-order valence-corrected chi connectivity index (χ3v) is 12.5. The molecule has 57 heavy (non-hydrogen) atoms. The van der Waals surface area contributed by atoms with Crippen molar-refractivity contribution in [3.8, 4) is 16.8 Å². The minimum atomic E-state index is -0.260. The lowest BCUT2D eigenvalue weighted by molar-refractivity contribution is 0.669. The predicted octanol–water partition coefficient (Wildman–Crippen LogP) is 13.2. The van der Waals surface area contributed by atoms with Crippen molar-refractivity contribution >= 4 is 86.9 Å². The van der Waals surface area contributed by atoms with Crippen LogP contribution in [0.1, 0.15) is 22.9 Å². The van der Waals surface area contributed by atoms with Crippen LogP contribution in [0.15, 0.2) is 196 Å². The summed E-state index contributed by atoms with van der Waals surface area (Å²) in [6.45, 7) is 0. The van der Waals surface area contributed by atoms with Gasteiger partial charge in [0.25, 0.3) is 0 Å². The van der Waals surface area contributed by atoms with E-state index in [1.165, 1.54) is 42.1 Å². The van der Waals surface area contributed by atoms with Gasteiger partial charge in [-0.2, -0.15) is 0 Å². The first kappa shape index (κ1) is 32.0. The number of aliphatic imine (C=N–C) groups is 2. The van der Waals surface area contributed by atoms with Gasteiger partial charge in [0.15, 0.2) is 5.84 Å². The Hall–Kier alpha value is -7.28. The minimum Gasteiger partial charge on any atom is -0.456 e. The van der Waals surface area contributed by atoms with E-state index in [1.54, 1.807) is 0 Å². The lowest BCUT2D eigenvalue weighted by Gasteiger charge is -2.23. The summed E-state index contributed by atoms with van der Waals surface area (Å²) in [5, 5.41) is 10.8. The van der Waals surface area contributed by atoms with Gasteiger partial charge in [-0.1, -0.05) is 121 Å². The third kappa shape index (κ3) is 5.08. The molecule has 12 rings (SSSR count). The SMILES string of the molecule is c1ccc(C2=NC(c3ccc(-n4c5ccccc5c5ccc6oc7ccc(-c8cccc9c8sc8ccccc89)cc7c6c54)cc3)=NC(c3ccccc3)N2)cc1. The van der Waals surface area contributed by atoms with Crippen LogP contribution in [0.3, 0.4) is 0 Å². The van der Waals surface area contributed by atoms with Gasteiger partial charge < -0.3 is 14.3 Å². The predicted molar refractivity (Wildman–Crippen MR) is 238 cm³/mol. The summed E-state index contributed by atoms with van der Waals surface area (Å²) >= 11 is 1.86. The summed E-state index contributed by atoms with van der Waals surface area (Å²) < 4.78 is 11.6. The summed E-state index contributed by atoms with van der Waals surface area (Å²) in [6, 6.07) is 64.3. The first-order valence-electron chi connectivity index (χ1n) is 19.2. The van der Waals surface area contributed by atoms with Crippen molar-refractivity contribution in [2.45, 2.75) is 6.17 Å². The number of thiophene rings is 1. The molecule has 4 heterocycles. The minimum absolute atomic E-state index is 0.260. The van der Waals surface area contributed by atoms with E-state index in [9.17, 15) is 0 Å². The molecule has 11 aromatic rings. The number of hydrogen-bond acceptors (Lipinski definition) is 5. The van der Waals surface area contributed by atoms with Crippen molar-refractivity contribution in [3.63, 3.8) is 0 Å². The van der Waals surface area contributed by atoms with Crippen molar-refractivity contribution in [2.75, 3.05) is 0 Å². The third-order valence-electron chi connectivity index (χ3n) is 11.3. The molecule has 0 radical (unpaired) electrons. The number of nitrogens with zero attached hydrogens (tertiary/aromatic N) is 3. The number of nitrogens with one attached hydrogen (secondary N) is 1. The quantitative estimate of drug-likeness (QED) is 0.191. The molecule has 1 N–H and O–H groups in total. The topological polar surface area (TPSA) is 54.8 Å². The molecule has 1 unspecified atom stereocenters. The summed E-state index contributed by atoms with van der Waals surface area (Å²) in [7, 11) is 0. The van der Waals surface area contributed by atoms with Gasteiger partial charge in [0.2, 0.25) is 0 Å². The molecular weight excluding hydrogens is 717 g/mol. The van der Waals surface area contributed by atoms with Crippen LogP contribution in [0.2, 0.25) is 0 Å². The second kappa shape index (κ2) is 12.6. The molecule has 0 spiro atoms. The average Bonchev–Trinajstić information content (AvgIpc) is 3.96. The van der Waals surface area contributed by atoms with Crippen LogP contribution in [-0.2, 0) is 0 Å². The van der Waals surface area contributed by atoms with E-state index < -0.39 is 0 Å². The van der Waals surface area contributed by atoms with E-state index in [2.05, 4.69) is 155 Å². The van der Waals surface area contributed by atoms with Crippen LogP contribution in [0, 0.1) is 0 Å². The summed E-state index contributed by atoms with van der Waals surface area (Å²) in [5.74, 6) is 1.50. The second-order valence-corrected chi connectivity index (χ2v) is 15.6. The Balaban J connectivity index is 1.03. The van der Waals surface area contributed by atoms with E-state index in [0.29, 0.717) is 5.84 Å². The highest BCUT2D eigenvalue weighted by Gasteiger charge is 2.23. The van der Waals surface area contributed by atoms with E-state index in [4.69, 9.17) is 14.4 Å². The number of amidine groups is 2. The van der Waals surface area contributed by atoms with Gasteiger partial charge in [-0.3, -0.25) is 0 Å². The highest BCUT2D eigenvalue weighted by atomic mass is 32.1.